The molecule has 4 rings (SSSR count). The van der Waals surface area contributed by atoms with E-state index in [1.54, 1.807) is 17.4 Å². The first-order valence-electron chi connectivity index (χ1n) is 8.27. The summed E-state index contributed by atoms with van der Waals surface area (Å²) in [4.78, 5) is 5.56. The fourth-order valence-electron chi connectivity index (χ4n) is 3.14. The van der Waals surface area contributed by atoms with Crippen molar-refractivity contribution in [3.05, 3.63) is 87.9 Å². The van der Waals surface area contributed by atoms with Gasteiger partial charge in [0.05, 0.1) is 6.04 Å². The van der Waals surface area contributed by atoms with Gasteiger partial charge in [0.2, 0.25) is 0 Å². The third kappa shape index (κ3) is 3.26. The second-order valence-corrected chi connectivity index (χ2v) is 7.80. The van der Waals surface area contributed by atoms with Crippen LogP contribution in [0.15, 0.2) is 66.9 Å². The molecule has 1 aromatic heterocycles. The number of rotatable bonds is 4. The molecule has 3 nitrogen and oxygen atoms in total. The van der Waals surface area contributed by atoms with Crippen LogP contribution >= 0.6 is 22.9 Å². The number of thiazole rings is 1. The van der Waals surface area contributed by atoms with Gasteiger partial charge in [0.1, 0.15) is 5.75 Å². The highest BCUT2D eigenvalue weighted by molar-refractivity contribution is 7.15. The summed E-state index contributed by atoms with van der Waals surface area (Å²) in [5.74, 6) is 0.245. The Morgan fingerprint density at radius 2 is 1.92 bits per heavy atom. The van der Waals surface area contributed by atoms with E-state index >= 15 is 0 Å². The number of nitrogens with zero attached hydrogens (tertiary/aromatic N) is 1. The van der Waals surface area contributed by atoms with Crippen molar-refractivity contribution in [2.45, 2.75) is 13.0 Å². The number of aryl methyl sites for hydroxylation is 1. The van der Waals surface area contributed by atoms with Gasteiger partial charge in [-0.05, 0) is 41.5 Å². The van der Waals surface area contributed by atoms with Crippen molar-refractivity contribution in [1.82, 2.24) is 4.98 Å². The van der Waals surface area contributed by atoms with E-state index in [0.717, 1.165) is 31.9 Å². The summed E-state index contributed by atoms with van der Waals surface area (Å²) in [6.07, 6.45) is 1.84. The first kappa shape index (κ1) is 16.9. The van der Waals surface area contributed by atoms with Crippen molar-refractivity contribution in [1.29, 1.82) is 0 Å². The molecule has 1 atom stereocenters. The fourth-order valence-corrected chi connectivity index (χ4v) is 4.03. The molecule has 0 spiro atoms. The van der Waals surface area contributed by atoms with E-state index in [2.05, 4.69) is 10.3 Å². The quantitative estimate of drug-likeness (QED) is 0.445. The van der Waals surface area contributed by atoms with Gasteiger partial charge in [-0.15, -0.1) is 11.3 Å². The van der Waals surface area contributed by atoms with Gasteiger partial charge in [-0.3, -0.25) is 0 Å². The molecule has 5 heteroatoms. The Kier molecular flexibility index (Phi) is 4.53. The monoisotopic (exact) mass is 380 g/mol. The number of aromatic nitrogens is 1. The zero-order chi connectivity index (χ0) is 18.1. The zero-order valence-electron chi connectivity index (χ0n) is 14.1. The molecule has 0 saturated carbocycles. The standard InChI is InChI=1S/C21H17ClN2OS/c1-13-12-23-21(26-13)24-20(15-6-4-7-16(22)11-15)19-17-8-3-2-5-14(17)9-10-18(19)25/h2-12,20,25H,1H3,(H,23,24). The largest absolute Gasteiger partial charge is 0.508 e. The van der Waals surface area contributed by atoms with Crippen LogP contribution in [0, 0.1) is 6.92 Å². The molecule has 2 N–H and O–H groups in total. The van der Waals surface area contributed by atoms with Gasteiger partial charge in [-0.25, -0.2) is 4.98 Å². The summed E-state index contributed by atoms with van der Waals surface area (Å²) in [5.41, 5.74) is 1.79. The maximum atomic E-state index is 10.7. The second kappa shape index (κ2) is 6.98. The van der Waals surface area contributed by atoms with Crippen LogP contribution in [-0.4, -0.2) is 10.1 Å². The van der Waals surface area contributed by atoms with Crippen molar-refractivity contribution < 1.29 is 5.11 Å². The lowest BCUT2D eigenvalue weighted by Gasteiger charge is -2.22. The Labute approximate surface area is 160 Å². The molecule has 0 aliphatic heterocycles. The lowest BCUT2D eigenvalue weighted by molar-refractivity contribution is 0.468. The summed E-state index contributed by atoms with van der Waals surface area (Å²) >= 11 is 7.82. The van der Waals surface area contributed by atoms with Gasteiger partial charge in [0.15, 0.2) is 5.13 Å². The minimum absolute atomic E-state index is 0.245. The summed E-state index contributed by atoms with van der Waals surface area (Å²) in [6.45, 7) is 2.02. The molecule has 0 bridgehead atoms. The van der Waals surface area contributed by atoms with Gasteiger partial charge in [-0.2, -0.15) is 0 Å². The Morgan fingerprint density at radius 1 is 1.08 bits per heavy atom. The Balaban J connectivity index is 1.92. The minimum atomic E-state index is -0.273. The van der Waals surface area contributed by atoms with Crippen molar-refractivity contribution in [3.63, 3.8) is 0 Å². The highest BCUT2D eigenvalue weighted by Crippen LogP contribution is 2.38. The average Bonchev–Trinajstić information content (AvgIpc) is 3.05. The number of phenols is 1. The normalized spacial score (nSPS) is 12.2. The van der Waals surface area contributed by atoms with Crippen molar-refractivity contribution >= 4 is 38.8 Å². The number of hydrogen-bond acceptors (Lipinski definition) is 4. The summed E-state index contributed by atoms with van der Waals surface area (Å²) < 4.78 is 0. The number of fused-ring (bicyclic) bond motifs is 1. The topological polar surface area (TPSA) is 45.2 Å². The number of halogens is 1. The smallest absolute Gasteiger partial charge is 0.183 e. The molecule has 130 valence electrons. The van der Waals surface area contributed by atoms with Crippen LogP contribution in [0.5, 0.6) is 5.75 Å². The average molecular weight is 381 g/mol. The predicted molar refractivity (Wildman–Crippen MR) is 109 cm³/mol. The molecular formula is C21H17ClN2OS. The lowest BCUT2D eigenvalue weighted by atomic mass is 9.93. The Bertz CT molecular complexity index is 1080. The third-order valence-corrected chi connectivity index (χ3v) is 5.39. The molecule has 26 heavy (non-hydrogen) atoms. The lowest BCUT2D eigenvalue weighted by Crippen LogP contribution is -2.13. The summed E-state index contributed by atoms with van der Waals surface area (Å²) in [5, 5.41) is 17.7. The van der Waals surface area contributed by atoms with Crippen LogP contribution in [0.4, 0.5) is 5.13 Å². The Morgan fingerprint density at radius 3 is 2.69 bits per heavy atom. The fraction of sp³-hybridized carbons (Fsp3) is 0.0952. The number of phenolic OH excluding ortho intramolecular Hbond substituents is 1. The van der Waals surface area contributed by atoms with Crippen LogP contribution in [0.1, 0.15) is 22.0 Å². The molecule has 0 radical (unpaired) electrons. The SMILES string of the molecule is Cc1cnc(NC(c2cccc(Cl)c2)c2c(O)ccc3ccccc23)s1. The molecule has 1 heterocycles. The first-order valence-corrected chi connectivity index (χ1v) is 9.46. The number of hydrogen-bond donors (Lipinski definition) is 2. The minimum Gasteiger partial charge on any atom is -0.508 e. The van der Waals surface area contributed by atoms with Crippen LogP contribution in [0.25, 0.3) is 10.8 Å². The summed E-state index contributed by atoms with van der Waals surface area (Å²) in [6, 6.07) is 19.1. The van der Waals surface area contributed by atoms with Crippen molar-refractivity contribution in [2.75, 3.05) is 5.32 Å². The van der Waals surface area contributed by atoms with Gasteiger partial charge in [0, 0.05) is 21.7 Å². The molecule has 0 aliphatic rings. The number of aromatic hydroxyl groups is 1. The molecule has 1 unspecified atom stereocenters. The maximum absolute atomic E-state index is 10.7. The first-order chi connectivity index (χ1) is 12.6. The number of nitrogens with one attached hydrogen (secondary N) is 1. The van der Waals surface area contributed by atoms with E-state index in [0.29, 0.717) is 5.02 Å². The zero-order valence-corrected chi connectivity index (χ0v) is 15.7. The van der Waals surface area contributed by atoms with E-state index in [1.165, 1.54) is 0 Å². The second-order valence-electron chi connectivity index (χ2n) is 6.13. The highest BCUT2D eigenvalue weighted by Gasteiger charge is 2.22. The Hall–Kier alpha value is -2.56. The third-order valence-electron chi connectivity index (χ3n) is 4.31. The van der Waals surface area contributed by atoms with Gasteiger partial charge in [0.25, 0.3) is 0 Å². The van der Waals surface area contributed by atoms with Crippen LogP contribution in [-0.2, 0) is 0 Å². The van der Waals surface area contributed by atoms with Gasteiger partial charge < -0.3 is 10.4 Å². The molecule has 0 fully saturated rings. The van der Waals surface area contributed by atoms with Crippen molar-refractivity contribution in [3.8, 4) is 5.75 Å². The van der Waals surface area contributed by atoms with E-state index in [4.69, 9.17) is 11.6 Å². The molecule has 3 aromatic carbocycles. The highest BCUT2D eigenvalue weighted by atomic mass is 35.5. The summed E-state index contributed by atoms with van der Waals surface area (Å²) in [7, 11) is 0. The van der Waals surface area contributed by atoms with Crippen LogP contribution < -0.4 is 5.32 Å². The van der Waals surface area contributed by atoms with E-state index in [1.807, 2.05) is 67.7 Å². The van der Waals surface area contributed by atoms with Crippen LogP contribution in [0.3, 0.4) is 0 Å². The molecule has 0 amide bonds. The molecule has 0 saturated heterocycles. The number of anilines is 1. The molecular weight excluding hydrogens is 364 g/mol. The van der Waals surface area contributed by atoms with E-state index in [-0.39, 0.29) is 11.8 Å². The maximum Gasteiger partial charge on any atom is 0.183 e. The number of benzene rings is 3. The van der Waals surface area contributed by atoms with Crippen LogP contribution in [0.2, 0.25) is 5.02 Å². The van der Waals surface area contributed by atoms with Crippen molar-refractivity contribution in [2.24, 2.45) is 0 Å². The predicted octanol–water partition coefficient (Wildman–Crippen LogP) is 6.17. The van der Waals surface area contributed by atoms with E-state index < -0.39 is 0 Å². The van der Waals surface area contributed by atoms with Gasteiger partial charge in [-0.1, -0.05) is 54.1 Å². The molecule has 4 aromatic rings. The van der Waals surface area contributed by atoms with E-state index in [9.17, 15) is 5.11 Å². The molecule has 0 aliphatic carbocycles. The van der Waals surface area contributed by atoms with Gasteiger partial charge >= 0.3 is 0 Å².